The third-order valence-electron chi connectivity index (χ3n) is 3.36. The molecule has 5 heteroatoms. The maximum absolute atomic E-state index is 13.3. The van der Waals surface area contributed by atoms with Gasteiger partial charge in [-0.1, -0.05) is 6.07 Å². The summed E-state index contributed by atoms with van der Waals surface area (Å²) in [4.78, 5) is 10.6. The fraction of sp³-hybridized carbons (Fsp3) is 0.0588. The van der Waals surface area contributed by atoms with Crippen molar-refractivity contribution in [2.24, 2.45) is 0 Å². The van der Waals surface area contributed by atoms with Crippen LogP contribution in [-0.2, 0) is 0 Å². The number of halogens is 1. The van der Waals surface area contributed by atoms with Crippen LogP contribution in [0.15, 0.2) is 42.9 Å². The van der Waals surface area contributed by atoms with Crippen molar-refractivity contribution < 1.29 is 9.13 Å². The van der Waals surface area contributed by atoms with Gasteiger partial charge in [-0.25, -0.2) is 9.24 Å². The molecule has 0 atom stereocenters. The molecule has 0 saturated carbocycles. The van der Waals surface area contributed by atoms with Gasteiger partial charge >= 0.3 is 0 Å². The molecule has 3 aromatic rings. The molecule has 3 rings (SSSR count). The number of methoxy groups -OCH3 is 1. The number of fused-ring (bicyclic) bond motifs is 1. The Labute approximate surface area is 126 Å². The zero-order valence-corrected chi connectivity index (χ0v) is 11.8. The van der Waals surface area contributed by atoms with Crippen molar-refractivity contribution in [1.29, 1.82) is 0 Å². The summed E-state index contributed by atoms with van der Waals surface area (Å²) in [5.41, 5.74) is 2.52. The lowest BCUT2D eigenvalue weighted by Gasteiger charge is -2.04. The third kappa shape index (κ3) is 2.42. The van der Waals surface area contributed by atoms with Crippen molar-refractivity contribution in [2.45, 2.75) is 0 Å². The minimum absolute atomic E-state index is 0.317. The lowest BCUT2D eigenvalue weighted by molar-refractivity contribution is 0.413. The molecule has 22 heavy (non-hydrogen) atoms. The Morgan fingerprint density at radius 2 is 2.27 bits per heavy atom. The number of hydrogen-bond donors (Lipinski definition) is 1. The Kier molecular flexibility index (Phi) is 3.58. The summed E-state index contributed by atoms with van der Waals surface area (Å²) in [6, 6.07) is 6.19. The van der Waals surface area contributed by atoms with Crippen LogP contribution in [0.25, 0.3) is 27.5 Å². The molecule has 2 aromatic heterocycles. The van der Waals surface area contributed by atoms with E-state index in [1.165, 1.54) is 12.1 Å². The molecule has 0 fully saturated rings. The average molecular weight is 293 g/mol. The second-order valence-corrected chi connectivity index (χ2v) is 4.65. The summed E-state index contributed by atoms with van der Waals surface area (Å²) < 4.78 is 18.5. The van der Waals surface area contributed by atoms with Crippen LogP contribution in [0.1, 0.15) is 11.1 Å². The molecule has 4 nitrogen and oxygen atoms in total. The molecule has 1 N–H and O–H groups in total. The van der Waals surface area contributed by atoms with E-state index in [-0.39, 0.29) is 5.82 Å². The molecule has 2 heterocycles. The molecule has 108 valence electrons. The third-order valence-corrected chi connectivity index (χ3v) is 3.36. The predicted octanol–water partition coefficient (Wildman–Crippen LogP) is 4.13. The van der Waals surface area contributed by atoms with E-state index in [0.717, 1.165) is 10.9 Å². The van der Waals surface area contributed by atoms with E-state index in [2.05, 4.69) is 14.8 Å². The van der Waals surface area contributed by atoms with Crippen LogP contribution in [0.2, 0.25) is 0 Å². The number of aromatic amines is 1. The van der Waals surface area contributed by atoms with E-state index in [4.69, 9.17) is 11.3 Å². The summed E-state index contributed by atoms with van der Waals surface area (Å²) in [5.74, 6) is 0.324. The first-order chi connectivity index (χ1) is 10.7. The second-order valence-electron chi connectivity index (χ2n) is 4.65. The summed E-state index contributed by atoms with van der Waals surface area (Å²) in [7, 11) is 1.57. The Morgan fingerprint density at radius 3 is 3.05 bits per heavy atom. The summed E-state index contributed by atoms with van der Waals surface area (Å²) >= 11 is 0. The van der Waals surface area contributed by atoms with Crippen molar-refractivity contribution in [2.75, 3.05) is 7.11 Å². The average Bonchev–Trinajstić information content (AvgIpc) is 2.95. The highest BCUT2D eigenvalue weighted by Crippen LogP contribution is 2.30. The topological polar surface area (TPSA) is 42.3 Å². The molecule has 0 unspecified atom stereocenters. The molecule has 0 saturated heterocycles. The number of nitrogens with zero attached hydrogens (tertiary/aromatic N) is 2. The monoisotopic (exact) mass is 293 g/mol. The van der Waals surface area contributed by atoms with Gasteiger partial charge in [0.15, 0.2) is 5.70 Å². The number of rotatable bonds is 3. The van der Waals surface area contributed by atoms with E-state index in [0.29, 0.717) is 22.5 Å². The van der Waals surface area contributed by atoms with Gasteiger partial charge in [0.05, 0.1) is 13.7 Å². The highest BCUT2D eigenvalue weighted by molar-refractivity contribution is 5.99. The zero-order chi connectivity index (χ0) is 15.5. The van der Waals surface area contributed by atoms with Gasteiger partial charge < -0.3 is 9.72 Å². The molecular formula is C17H12FN3O. The van der Waals surface area contributed by atoms with Gasteiger partial charge in [0, 0.05) is 29.0 Å². The lowest BCUT2D eigenvalue weighted by Crippen LogP contribution is -1.88. The molecule has 0 amide bonds. The maximum Gasteiger partial charge on any atom is 0.197 e. The fourth-order valence-corrected chi connectivity index (χ4v) is 2.32. The first-order valence-electron chi connectivity index (χ1n) is 6.57. The zero-order valence-electron chi connectivity index (χ0n) is 11.8. The first-order valence-corrected chi connectivity index (χ1v) is 6.57. The van der Waals surface area contributed by atoms with Crippen LogP contribution in [-0.4, -0.2) is 17.1 Å². The van der Waals surface area contributed by atoms with E-state index in [1.54, 1.807) is 43.9 Å². The second kappa shape index (κ2) is 5.70. The molecule has 0 aliphatic rings. The van der Waals surface area contributed by atoms with Crippen LogP contribution in [0.5, 0.6) is 5.75 Å². The van der Waals surface area contributed by atoms with E-state index in [9.17, 15) is 4.39 Å². The smallest absolute Gasteiger partial charge is 0.197 e. The molecule has 0 aliphatic heterocycles. The number of benzene rings is 1. The Balaban J connectivity index is 2.14. The molecule has 1 aromatic carbocycles. The van der Waals surface area contributed by atoms with Crippen LogP contribution in [0.4, 0.5) is 4.39 Å². The maximum atomic E-state index is 13.3. The first kappa shape index (κ1) is 13.8. The van der Waals surface area contributed by atoms with E-state index in [1.807, 2.05) is 0 Å². The van der Waals surface area contributed by atoms with Gasteiger partial charge in [-0.3, -0.25) is 4.98 Å². The molecule has 0 radical (unpaired) electrons. The van der Waals surface area contributed by atoms with E-state index >= 15 is 0 Å². The Morgan fingerprint density at radius 1 is 1.41 bits per heavy atom. The summed E-state index contributed by atoms with van der Waals surface area (Å²) in [5, 5.41) is 0.798. The Hall–Kier alpha value is -3.13. The SMILES string of the molecule is [C-]#[N+]/C(=C\c1cnccc1OC)c1c[nH]c2cc(F)ccc12. The number of H-pyrrole nitrogens is 1. The van der Waals surface area contributed by atoms with Crippen molar-refractivity contribution in [3.63, 3.8) is 0 Å². The standard InChI is InChI=1S/C17H12FN3O/c1-19-15(7-11-9-20-6-5-17(11)22-2)14-10-21-16-8-12(18)3-4-13(14)16/h3-10,21H,2H3/b15-7-. The van der Waals surface area contributed by atoms with Crippen LogP contribution in [0.3, 0.4) is 0 Å². The minimum Gasteiger partial charge on any atom is -0.496 e. The molecular weight excluding hydrogens is 281 g/mol. The number of nitrogens with one attached hydrogen (secondary N) is 1. The highest BCUT2D eigenvalue weighted by Gasteiger charge is 2.11. The van der Waals surface area contributed by atoms with Crippen LogP contribution in [0, 0.1) is 12.4 Å². The lowest BCUT2D eigenvalue weighted by atomic mass is 10.1. The number of hydrogen-bond acceptors (Lipinski definition) is 2. The predicted molar refractivity (Wildman–Crippen MR) is 83.5 cm³/mol. The highest BCUT2D eigenvalue weighted by atomic mass is 19.1. The van der Waals surface area contributed by atoms with Crippen LogP contribution < -0.4 is 4.74 Å². The van der Waals surface area contributed by atoms with Gasteiger partial charge in [0.2, 0.25) is 0 Å². The molecule has 0 spiro atoms. The van der Waals surface area contributed by atoms with Crippen molar-refractivity contribution in [3.8, 4) is 5.75 Å². The number of pyridine rings is 1. The quantitative estimate of drug-likeness (QED) is 0.738. The normalized spacial score (nSPS) is 11.4. The van der Waals surface area contributed by atoms with Gasteiger partial charge in [-0.15, -0.1) is 0 Å². The van der Waals surface area contributed by atoms with Gasteiger partial charge in [0.1, 0.15) is 11.6 Å². The minimum atomic E-state index is -0.317. The van der Waals surface area contributed by atoms with Crippen molar-refractivity contribution in [1.82, 2.24) is 9.97 Å². The van der Waals surface area contributed by atoms with Crippen molar-refractivity contribution >= 4 is 22.7 Å². The van der Waals surface area contributed by atoms with Crippen molar-refractivity contribution in [3.05, 3.63) is 71.2 Å². The van der Waals surface area contributed by atoms with Gasteiger partial charge in [-0.05, 0) is 35.9 Å². The molecule has 0 aliphatic carbocycles. The van der Waals surface area contributed by atoms with E-state index < -0.39 is 0 Å². The molecule has 0 bridgehead atoms. The summed E-state index contributed by atoms with van der Waals surface area (Å²) in [6.45, 7) is 7.44. The fourth-order valence-electron chi connectivity index (χ4n) is 2.32. The van der Waals surface area contributed by atoms with Crippen LogP contribution >= 0.6 is 0 Å². The largest absolute Gasteiger partial charge is 0.496 e. The number of ether oxygens (including phenoxy) is 1. The number of aromatic nitrogens is 2. The summed E-state index contributed by atoms with van der Waals surface area (Å²) in [6.07, 6.45) is 6.68. The Bertz CT molecular complexity index is 906. The van der Waals surface area contributed by atoms with Gasteiger partial charge in [0.25, 0.3) is 0 Å². The van der Waals surface area contributed by atoms with Gasteiger partial charge in [-0.2, -0.15) is 0 Å².